The number of halogens is 3. The summed E-state index contributed by atoms with van der Waals surface area (Å²) < 4.78 is 38.8. The molecule has 1 aliphatic heterocycles. The van der Waals surface area contributed by atoms with Crippen molar-refractivity contribution in [1.29, 1.82) is 0 Å². The van der Waals surface area contributed by atoms with Crippen LogP contribution in [0.3, 0.4) is 0 Å². The van der Waals surface area contributed by atoms with E-state index in [0.717, 1.165) is 6.07 Å². The number of phenols is 1. The highest BCUT2D eigenvalue weighted by atomic mass is 19.4. The van der Waals surface area contributed by atoms with Crippen molar-refractivity contribution in [2.75, 3.05) is 18.8 Å². The number of nitrogens with two attached hydrogens (primary N) is 1. The molecule has 0 saturated carbocycles. The Hall–Kier alpha value is -3.10. The minimum absolute atomic E-state index is 0.152. The Morgan fingerprint density at radius 2 is 2.06 bits per heavy atom. The second-order valence-electron chi connectivity index (χ2n) is 8.12. The summed E-state index contributed by atoms with van der Waals surface area (Å²) >= 11 is 0. The van der Waals surface area contributed by atoms with Crippen molar-refractivity contribution in [3.8, 4) is 17.0 Å². The molecule has 2 aromatic rings. The summed E-state index contributed by atoms with van der Waals surface area (Å²) in [6, 6.07) is 5.11. The maximum Gasteiger partial charge on any atom is 0.416 e. The Labute approximate surface area is 178 Å². The van der Waals surface area contributed by atoms with Crippen molar-refractivity contribution in [3.63, 3.8) is 0 Å². The number of nitrogens with zero attached hydrogens (tertiary/aromatic N) is 2. The fraction of sp³-hybridized carbons (Fsp3) is 0.409. The van der Waals surface area contributed by atoms with E-state index in [4.69, 9.17) is 5.73 Å². The third-order valence-corrected chi connectivity index (χ3v) is 5.38. The summed E-state index contributed by atoms with van der Waals surface area (Å²) in [5.74, 6) is 0.0232. The van der Waals surface area contributed by atoms with E-state index in [9.17, 15) is 23.1 Å². The summed E-state index contributed by atoms with van der Waals surface area (Å²) in [6.45, 7) is 6.77. The second-order valence-corrected chi connectivity index (χ2v) is 8.12. The number of carbonyl (C=O) groups is 1. The fourth-order valence-electron chi connectivity index (χ4n) is 3.79. The van der Waals surface area contributed by atoms with Crippen molar-refractivity contribution < 1.29 is 28.1 Å². The van der Waals surface area contributed by atoms with E-state index < -0.39 is 17.5 Å². The number of nitrogen functional groups attached to an aromatic ring is 1. The first-order valence-corrected chi connectivity index (χ1v) is 10.0. The van der Waals surface area contributed by atoms with Crippen LogP contribution in [0.2, 0.25) is 0 Å². The predicted octanol–water partition coefficient (Wildman–Crippen LogP) is 2.12. The molecular weight excluding hydrogens is 409 g/mol. The van der Waals surface area contributed by atoms with Gasteiger partial charge in [-0.15, -0.1) is 0 Å². The topological polar surface area (TPSA) is 93.4 Å². The number of aromatic hydroxyl groups is 1. The molecule has 1 unspecified atom stereocenters. The summed E-state index contributed by atoms with van der Waals surface area (Å²) in [5.41, 5.74) is 6.45. The number of aryl methyl sites for hydroxylation is 1. The maximum atomic E-state index is 12.9. The number of phenolic OH excluding ortho intramolecular Hbond substituents is 1. The Balaban J connectivity index is 1.75. The van der Waals surface area contributed by atoms with Crippen molar-refractivity contribution >= 4 is 17.9 Å². The largest absolute Gasteiger partial charge is 0.507 e. The number of amides is 1. The zero-order valence-electron chi connectivity index (χ0n) is 17.6. The van der Waals surface area contributed by atoms with Crippen molar-refractivity contribution in [3.05, 3.63) is 41.0 Å². The number of rotatable bonds is 5. The molecule has 1 aliphatic rings. The van der Waals surface area contributed by atoms with Crippen molar-refractivity contribution in [2.24, 2.45) is 5.92 Å². The summed E-state index contributed by atoms with van der Waals surface area (Å²) in [6.07, 6.45) is -2.35. The summed E-state index contributed by atoms with van der Waals surface area (Å²) in [4.78, 5) is 21.3. The van der Waals surface area contributed by atoms with Crippen LogP contribution in [0.4, 0.5) is 19.0 Å². The standard InChI is InChI=1S/C22H25F3N4O2/c1-12(2)29-11-14(7-19(29)31)9-27-10-15-4-5-17(28-21(15)26)20-13(3)6-16(8-18(20)30)22(23,24)25/h4-6,8,10,12,14,30H,7,9,11H2,1-3H3,(H2,26,28)/p+1. The molecule has 1 atom stereocenters. The molecule has 0 aliphatic carbocycles. The van der Waals surface area contributed by atoms with E-state index in [2.05, 4.69) is 9.98 Å². The molecule has 4 N–H and O–H groups in total. The number of pyridine rings is 1. The number of hydrogen-bond donors (Lipinski definition) is 3. The van der Waals surface area contributed by atoms with E-state index in [0.29, 0.717) is 31.1 Å². The van der Waals surface area contributed by atoms with Gasteiger partial charge in [-0.05, 0) is 50.6 Å². The molecule has 3 rings (SSSR count). The highest BCUT2D eigenvalue weighted by Gasteiger charge is 2.33. The fourth-order valence-corrected chi connectivity index (χ4v) is 3.79. The van der Waals surface area contributed by atoms with Crippen LogP contribution < -0.4 is 10.7 Å². The van der Waals surface area contributed by atoms with Crippen molar-refractivity contribution in [1.82, 2.24) is 9.88 Å². The molecule has 0 radical (unpaired) electrons. The molecule has 166 valence electrons. The summed E-state index contributed by atoms with van der Waals surface area (Å²) in [7, 11) is 0. The van der Waals surface area contributed by atoms with Gasteiger partial charge in [0.1, 0.15) is 18.1 Å². The number of carbonyl (C=O) groups excluding carboxylic acids is 1. The van der Waals surface area contributed by atoms with Crippen LogP contribution in [-0.4, -0.2) is 46.2 Å². The third-order valence-electron chi connectivity index (χ3n) is 5.38. The van der Waals surface area contributed by atoms with Gasteiger partial charge in [0.25, 0.3) is 0 Å². The summed E-state index contributed by atoms with van der Waals surface area (Å²) in [5, 5.41) is 10.2. The molecular formula is C22H26F3N4O2+. The number of anilines is 1. The molecule has 2 heterocycles. The lowest BCUT2D eigenvalue weighted by Gasteiger charge is -2.20. The van der Waals surface area contributed by atoms with E-state index in [1.165, 1.54) is 6.92 Å². The molecule has 1 aromatic carbocycles. The third kappa shape index (κ3) is 4.98. The Morgan fingerprint density at radius 3 is 2.61 bits per heavy atom. The highest BCUT2D eigenvalue weighted by Crippen LogP contribution is 2.38. The van der Waals surface area contributed by atoms with Gasteiger partial charge in [0, 0.05) is 30.5 Å². The minimum Gasteiger partial charge on any atom is -0.507 e. The number of alkyl halides is 3. The SMILES string of the molecule is Cc1cc(C(F)(F)F)cc(O)c1-c1ccc(C=[NH+]CC2CC(=O)N(C(C)C)C2)c(N)n1. The van der Waals surface area contributed by atoms with Gasteiger partial charge in [-0.3, -0.25) is 4.79 Å². The molecule has 1 amide bonds. The first kappa shape index (κ1) is 22.6. The normalized spacial score (nSPS) is 17.3. The zero-order chi connectivity index (χ0) is 22.9. The van der Waals surface area contributed by atoms with Gasteiger partial charge in [0.15, 0.2) is 6.21 Å². The van der Waals surface area contributed by atoms with Crippen LogP contribution in [0.15, 0.2) is 24.3 Å². The van der Waals surface area contributed by atoms with E-state index in [1.54, 1.807) is 18.3 Å². The zero-order valence-corrected chi connectivity index (χ0v) is 17.6. The lowest BCUT2D eigenvalue weighted by atomic mass is 10.00. The minimum atomic E-state index is -4.55. The smallest absolute Gasteiger partial charge is 0.416 e. The first-order chi connectivity index (χ1) is 14.5. The van der Waals surface area contributed by atoms with Gasteiger partial charge in [0.05, 0.1) is 16.8 Å². The van der Waals surface area contributed by atoms with Crippen LogP contribution >= 0.6 is 0 Å². The Kier molecular flexibility index (Phi) is 6.24. The molecule has 6 nitrogen and oxygen atoms in total. The predicted molar refractivity (Wildman–Crippen MR) is 111 cm³/mol. The monoisotopic (exact) mass is 435 g/mol. The van der Waals surface area contributed by atoms with Gasteiger partial charge >= 0.3 is 6.18 Å². The number of hydrogen-bond acceptors (Lipinski definition) is 4. The lowest BCUT2D eigenvalue weighted by Crippen LogP contribution is -2.71. The van der Waals surface area contributed by atoms with Gasteiger partial charge in [0.2, 0.25) is 5.91 Å². The molecule has 0 bridgehead atoms. The molecule has 0 spiro atoms. The molecule has 1 saturated heterocycles. The van der Waals surface area contributed by atoms with E-state index >= 15 is 0 Å². The van der Waals surface area contributed by atoms with Crippen LogP contribution in [0.5, 0.6) is 5.75 Å². The molecule has 9 heteroatoms. The number of benzene rings is 1. The van der Waals surface area contributed by atoms with E-state index in [-0.39, 0.29) is 40.5 Å². The van der Waals surface area contributed by atoms with Crippen molar-refractivity contribution in [2.45, 2.75) is 39.4 Å². The van der Waals surface area contributed by atoms with Crippen LogP contribution in [-0.2, 0) is 11.0 Å². The average Bonchev–Trinajstić information content (AvgIpc) is 3.03. The molecule has 1 fully saturated rings. The lowest BCUT2D eigenvalue weighted by molar-refractivity contribution is -0.459. The Bertz CT molecular complexity index is 995. The molecule has 31 heavy (non-hydrogen) atoms. The quantitative estimate of drug-likeness (QED) is 0.628. The second kappa shape index (κ2) is 8.56. The van der Waals surface area contributed by atoms with Gasteiger partial charge in [-0.25, -0.2) is 9.98 Å². The van der Waals surface area contributed by atoms with Crippen LogP contribution in [0.1, 0.15) is 37.0 Å². The Morgan fingerprint density at radius 1 is 1.35 bits per heavy atom. The first-order valence-electron chi connectivity index (χ1n) is 10.0. The van der Waals surface area contributed by atoms with Crippen LogP contribution in [0.25, 0.3) is 11.3 Å². The van der Waals surface area contributed by atoms with Crippen LogP contribution in [0, 0.1) is 12.8 Å². The highest BCUT2D eigenvalue weighted by molar-refractivity contribution is 5.84. The number of likely N-dealkylation sites (tertiary alicyclic amines) is 1. The van der Waals surface area contributed by atoms with Gasteiger partial charge in [-0.2, -0.15) is 13.2 Å². The van der Waals surface area contributed by atoms with Gasteiger partial charge < -0.3 is 15.7 Å². The maximum absolute atomic E-state index is 12.9. The number of aromatic nitrogens is 1. The van der Waals surface area contributed by atoms with E-state index in [1.807, 2.05) is 18.7 Å². The molecule has 1 aromatic heterocycles. The van der Waals surface area contributed by atoms with Gasteiger partial charge in [-0.1, -0.05) is 0 Å². The number of nitrogens with one attached hydrogen (secondary N) is 1. The average molecular weight is 435 g/mol.